The Morgan fingerprint density at radius 1 is 1.14 bits per heavy atom. The van der Waals surface area contributed by atoms with Crippen molar-refractivity contribution >= 4 is 76.0 Å². The zero-order valence-electron chi connectivity index (χ0n) is 31.3. The van der Waals surface area contributed by atoms with Gasteiger partial charge in [0.05, 0.1) is 46.7 Å². The number of carboxylic acid groups (broad SMARTS) is 1. The molecule has 4 unspecified atom stereocenters. The van der Waals surface area contributed by atoms with Gasteiger partial charge in [0.2, 0.25) is 5.91 Å². The van der Waals surface area contributed by atoms with Gasteiger partial charge in [0.15, 0.2) is 4.84 Å². The average molecular weight is 862 g/mol. The number of nitrogens with zero attached hydrogens (tertiary/aromatic N) is 2. The smallest absolute Gasteiger partial charge is 0.340 e. The molecule has 19 heteroatoms. The van der Waals surface area contributed by atoms with Crippen molar-refractivity contribution in [1.82, 2.24) is 15.5 Å². The SMILES string of the molecule is CCC[C@H]1CC(C(=O)N[C@@H](c2c(O)c(C(=O)O)c(CC(NC(=O)C(Cl)Cl)[C@H](O)c3ccc([N+](=O)[O-])cc3)c(SC)c2C(=O)OC2CCCOC2)C(C)Cl)N(C)C1. The van der Waals surface area contributed by atoms with Gasteiger partial charge < -0.3 is 35.4 Å². The van der Waals surface area contributed by atoms with Crippen LogP contribution >= 0.6 is 46.6 Å². The van der Waals surface area contributed by atoms with Crippen molar-refractivity contribution in [3.05, 3.63) is 62.2 Å². The number of rotatable bonds is 17. The molecule has 0 radical (unpaired) electrons. The lowest BCUT2D eigenvalue weighted by Crippen LogP contribution is -2.45. The molecule has 0 aliphatic carbocycles. The van der Waals surface area contributed by atoms with Gasteiger partial charge in [-0.2, -0.15) is 0 Å². The predicted octanol–water partition coefficient (Wildman–Crippen LogP) is 5.53. The lowest BCUT2D eigenvalue weighted by molar-refractivity contribution is -0.384. The van der Waals surface area contributed by atoms with Crippen LogP contribution < -0.4 is 10.6 Å². The molecule has 0 spiro atoms. The number of likely N-dealkylation sites (N-methyl/N-ethyl adjacent to an activating group) is 1. The quantitative estimate of drug-likeness (QED) is 0.0436. The highest BCUT2D eigenvalue weighted by atomic mass is 35.5. The molecule has 15 nitrogen and oxygen atoms in total. The molecule has 2 aromatic carbocycles. The number of nitrogens with one attached hydrogen (secondary N) is 2. The number of halogens is 3. The first-order valence-electron chi connectivity index (χ1n) is 18.1. The number of carbonyl (C=O) groups is 4. The number of aliphatic hydroxyl groups is 1. The first-order valence-corrected chi connectivity index (χ1v) is 20.7. The minimum absolute atomic E-state index is 0.00191. The molecule has 2 heterocycles. The molecule has 56 heavy (non-hydrogen) atoms. The Balaban J connectivity index is 1.93. The van der Waals surface area contributed by atoms with E-state index < -0.39 is 87.0 Å². The number of nitro groups is 1. The van der Waals surface area contributed by atoms with E-state index in [-0.39, 0.29) is 45.4 Å². The zero-order chi connectivity index (χ0) is 41.4. The third kappa shape index (κ3) is 10.8. The molecule has 2 aliphatic heterocycles. The summed E-state index contributed by atoms with van der Waals surface area (Å²) in [6, 6.07) is 1.50. The highest BCUT2D eigenvalue weighted by molar-refractivity contribution is 7.98. The third-order valence-corrected chi connectivity index (χ3v) is 11.6. The summed E-state index contributed by atoms with van der Waals surface area (Å²) in [7, 11) is 1.83. The number of thioether (sulfide) groups is 1. The number of likely N-dealkylation sites (tertiary alicyclic amines) is 1. The average Bonchev–Trinajstić information content (AvgIpc) is 3.52. The van der Waals surface area contributed by atoms with E-state index in [0.717, 1.165) is 36.7 Å². The number of ether oxygens (including phenoxy) is 2. The molecule has 5 N–H and O–H groups in total. The molecular formula is C37H47Cl3N4O11S. The number of nitro benzene ring substituents is 1. The van der Waals surface area contributed by atoms with E-state index in [4.69, 9.17) is 44.3 Å². The fourth-order valence-corrected chi connectivity index (χ4v) is 8.53. The summed E-state index contributed by atoms with van der Waals surface area (Å²) < 4.78 is 11.4. The summed E-state index contributed by atoms with van der Waals surface area (Å²) in [5.74, 6) is -4.60. The summed E-state index contributed by atoms with van der Waals surface area (Å²) in [4.78, 5) is 65.4. The number of aliphatic hydroxyl groups excluding tert-OH is 1. The lowest BCUT2D eigenvalue weighted by Gasteiger charge is -2.32. The number of hydrogen-bond donors (Lipinski definition) is 5. The lowest BCUT2D eigenvalue weighted by atomic mass is 9.86. The van der Waals surface area contributed by atoms with Crippen molar-refractivity contribution in [2.75, 3.05) is 33.1 Å². The van der Waals surface area contributed by atoms with Gasteiger partial charge in [0.25, 0.3) is 11.6 Å². The second kappa shape index (κ2) is 20.4. The summed E-state index contributed by atoms with van der Waals surface area (Å²) in [5, 5.41) is 50.0. The van der Waals surface area contributed by atoms with Crippen LogP contribution in [0.5, 0.6) is 5.75 Å². The fraction of sp³-hybridized carbons (Fsp3) is 0.568. The summed E-state index contributed by atoms with van der Waals surface area (Å²) >= 11 is 19.4. The van der Waals surface area contributed by atoms with Gasteiger partial charge in [-0.25, -0.2) is 9.59 Å². The molecule has 0 aromatic heterocycles. The van der Waals surface area contributed by atoms with Gasteiger partial charge >= 0.3 is 11.9 Å². The van der Waals surface area contributed by atoms with Crippen LogP contribution in [-0.2, 0) is 25.5 Å². The van der Waals surface area contributed by atoms with Gasteiger partial charge in [0.1, 0.15) is 17.4 Å². The second-order valence-electron chi connectivity index (χ2n) is 14.0. The number of carboxylic acids is 1. The molecule has 2 fully saturated rings. The van der Waals surface area contributed by atoms with Crippen LogP contribution in [0.3, 0.4) is 0 Å². The summed E-state index contributed by atoms with van der Waals surface area (Å²) in [6.07, 6.45) is 2.17. The van der Waals surface area contributed by atoms with E-state index in [1.54, 1.807) is 6.26 Å². The number of carbonyl (C=O) groups excluding carboxylic acids is 3. The molecule has 2 amide bonds. The van der Waals surface area contributed by atoms with Crippen molar-refractivity contribution < 1.29 is 48.9 Å². The number of amides is 2. The maximum atomic E-state index is 14.4. The van der Waals surface area contributed by atoms with Crippen LogP contribution in [0.1, 0.15) is 95.5 Å². The van der Waals surface area contributed by atoms with Crippen LogP contribution in [-0.4, -0.2) is 110 Å². The number of esters is 1. The van der Waals surface area contributed by atoms with Crippen LogP contribution in [0.15, 0.2) is 29.2 Å². The third-order valence-electron chi connectivity index (χ3n) is 10.1. The van der Waals surface area contributed by atoms with Crippen molar-refractivity contribution in [3.63, 3.8) is 0 Å². The Hall–Kier alpha value is -3.38. The molecule has 2 saturated heterocycles. The van der Waals surface area contributed by atoms with Gasteiger partial charge in [-0.15, -0.1) is 23.4 Å². The van der Waals surface area contributed by atoms with Crippen molar-refractivity contribution in [1.29, 1.82) is 0 Å². The largest absolute Gasteiger partial charge is 0.507 e. The first-order chi connectivity index (χ1) is 26.5. The maximum Gasteiger partial charge on any atom is 0.340 e. The Morgan fingerprint density at radius 3 is 2.36 bits per heavy atom. The minimum Gasteiger partial charge on any atom is -0.507 e. The molecular weight excluding hydrogens is 815 g/mol. The highest BCUT2D eigenvalue weighted by Crippen LogP contribution is 2.45. The Labute approximate surface area is 343 Å². The Bertz CT molecular complexity index is 1760. The van der Waals surface area contributed by atoms with Crippen LogP contribution in [0.25, 0.3) is 0 Å². The Morgan fingerprint density at radius 2 is 1.82 bits per heavy atom. The van der Waals surface area contributed by atoms with Crippen LogP contribution in [0, 0.1) is 16.0 Å². The summed E-state index contributed by atoms with van der Waals surface area (Å²) in [5.41, 5.74) is -1.61. The topological polar surface area (TPSA) is 218 Å². The van der Waals surface area contributed by atoms with E-state index in [9.17, 15) is 44.6 Å². The molecule has 4 rings (SSSR count). The minimum atomic E-state index is -1.64. The van der Waals surface area contributed by atoms with E-state index in [0.29, 0.717) is 32.4 Å². The van der Waals surface area contributed by atoms with E-state index in [1.165, 1.54) is 19.1 Å². The van der Waals surface area contributed by atoms with Gasteiger partial charge in [0, 0.05) is 35.7 Å². The fourth-order valence-electron chi connectivity index (χ4n) is 7.38. The number of alkyl halides is 3. The van der Waals surface area contributed by atoms with Gasteiger partial charge in [-0.05, 0) is 81.5 Å². The van der Waals surface area contributed by atoms with Crippen molar-refractivity contribution in [2.24, 2.45) is 5.92 Å². The predicted molar refractivity (Wildman–Crippen MR) is 211 cm³/mol. The van der Waals surface area contributed by atoms with E-state index in [1.807, 2.05) is 11.9 Å². The second-order valence-corrected chi connectivity index (χ2v) is 16.6. The summed E-state index contributed by atoms with van der Waals surface area (Å²) in [6.45, 7) is 4.84. The number of aromatic hydroxyl groups is 1. The maximum absolute atomic E-state index is 14.4. The van der Waals surface area contributed by atoms with Crippen molar-refractivity contribution in [3.8, 4) is 5.75 Å². The molecule has 2 aliphatic rings. The standard InChI is InChI=1S/C37H47Cl3N4O11S/c1-5-7-19-14-25(43(3)16-19)34(47)42-29(18(2)38)27-28(37(51)55-22-8-6-13-54-17-22)32(56-4)23(26(31(27)46)36(49)50)15-24(41-35(48)33(39)40)30(45)20-9-11-21(12-10-20)44(52)53/h9-12,18-19,22,24-25,29-30,33,45-46H,5-8,13-17H2,1-4H3,(H,41,48)(H,42,47)(H,49,50)/t18?,19-,22?,24?,25?,29+,30+/m0/s1. The first kappa shape index (κ1) is 45.3. The van der Waals surface area contributed by atoms with Crippen molar-refractivity contribution in [2.45, 2.75) is 97.8 Å². The number of non-ortho nitro benzene ring substituents is 1. The number of benzene rings is 2. The zero-order valence-corrected chi connectivity index (χ0v) is 34.4. The van der Waals surface area contributed by atoms with Crippen LogP contribution in [0.4, 0.5) is 5.69 Å². The monoisotopic (exact) mass is 860 g/mol. The molecule has 2 aromatic rings. The molecule has 7 atom stereocenters. The van der Waals surface area contributed by atoms with Crippen LogP contribution in [0.2, 0.25) is 0 Å². The van der Waals surface area contributed by atoms with E-state index >= 15 is 0 Å². The number of phenols is 1. The molecule has 308 valence electrons. The van der Waals surface area contributed by atoms with Gasteiger partial charge in [-0.3, -0.25) is 24.6 Å². The molecule has 0 saturated carbocycles. The Kier molecular flexibility index (Phi) is 16.5. The van der Waals surface area contributed by atoms with Gasteiger partial charge in [-0.1, -0.05) is 36.5 Å². The number of aromatic carboxylic acids is 1. The normalized spacial score (nSPS) is 20.8. The molecule has 0 bridgehead atoms. The number of hydrogen-bond acceptors (Lipinski definition) is 12. The highest BCUT2D eigenvalue weighted by Gasteiger charge is 2.41. The van der Waals surface area contributed by atoms with E-state index in [2.05, 4.69) is 17.6 Å².